The number of ether oxygens (including phenoxy) is 1. The summed E-state index contributed by atoms with van der Waals surface area (Å²) in [7, 11) is 0. The van der Waals surface area contributed by atoms with Crippen LogP contribution in [0.25, 0.3) is 0 Å². The zero-order chi connectivity index (χ0) is 14.6. The van der Waals surface area contributed by atoms with E-state index in [1.807, 2.05) is 11.3 Å². The summed E-state index contributed by atoms with van der Waals surface area (Å²) in [5, 5.41) is 7.06. The lowest BCUT2D eigenvalue weighted by atomic mass is 9.77. The van der Waals surface area contributed by atoms with E-state index in [-0.39, 0.29) is 5.41 Å². The van der Waals surface area contributed by atoms with Gasteiger partial charge in [-0.05, 0) is 24.8 Å². The largest absolute Gasteiger partial charge is 0.381 e. The van der Waals surface area contributed by atoms with E-state index in [0.717, 1.165) is 45.6 Å². The molecular weight excluding hydrogens is 268 g/mol. The third-order valence-corrected chi connectivity index (χ3v) is 5.00. The zero-order valence-electron chi connectivity index (χ0n) is 13.3. The highest BCUT2D eigenvalue weighted by Gasteiger charge is 2.33. The lowest BCUT2D eigenvalue weighted by Gasteiger charge is -2.37. The van der Waals surface area contributed by atoms with Crippen molar-refractivity contribution in [3.8, 4) is 0 Å². The van der Waals surface area contributed by atoms with Gasteiger partial charge in [0.25, 0.3) is 0 Å². The van der Waals surface area contributed by atoms with Crippen molar-refractivity contribution in [3.05, 3.63) is 16.1 Å². The molecular formula is C16H28N2OS. The van der Waals surface area contributed by atoms with E-state index in [4.69, 9.17) is 9.72 Å². The van der Waals surface area contributed by atoms with E-state index in [1.165, 1.54) is 10.7 Å². The Labute approximate surface area is 127 Å². The number of thiazole rings is 1. The molecule has 0 aromatic carbocycles. The Morgan fingerprint density at radius 1 is 1.35 bits per heavy atom. The van der Waals surface area contributed by atoms with E-state index in [2.05, 4.69) is 38.4 Å². The van der Waals surface area contributed by atoms with Crippen LogP contribution in [0.15, 0.2) is 5.38 Å². The maximum Gasteiger partial charge on any atom is 0.0934 e. The molecule has 1 aromatic heterocycles. The molecule has 4 heteroatoms. The summed E-state index contributed by atoms with van der Waals surface area (Å²) in [6.45, 7) is 12.8. The molecule has 0 radical (unpaired) electrons. The van der Waals surface area contributed by atoms with Crippen LogP contribution in [0.5, 0.6) is 0 Å². The predicted molar refractivity (Wildman–Crippen MR) is 85.5 cm³/mol. The molecule has 1 N–H and O–H groups in total. The van der Waals surface area contributed by atoms with Crippen LogP contribution in [0.1, 0.15) is 51.2 Å². The molecule has 0 saturated carbocycles. The van der Waals surface area contributed by atoms with Crippen LogP contribution in [-0.2, 0) is 16.6 Å². The first-order valence-corrected chi connectivity index (χ1v) is 8.56. The lowest BCUT2D eigenvalue weighted by molar-refractivity contribution is 0.0151. The molecule has 0 atom stereocenters. The van der Waals surface area contributed by atoms with Crippen molar-refractivity contribution in [2.75, 3.05) is 26.3 Å². The fraction of sp³-hybridized carbons (Fsp3) is 0.812. The normalized spacial score (nSPS) is 19.2. The molecule has 0 bridgehead atoms. The monoisotopic (exact) mass is 296 g/mol. The number of nitrogens with zero attached hydrogens (tertiary/aromatic N) is 1. The number of hydrogen-bond donors (Lipinski definition) is 1. The minimum absolute atomic E-state index is 0.152. The number of aromatic nitrogens is 1. The zero-order valence-corrected chi connectivity index (χ0v) is 14.1. The fourth-order valence-electron chi connectivity index (χ4n) is 2.67. The van der Waals surface area contributed by atoms with Crippen LogP contribution >= 0.6 is 11.3 Å². The summed E-state index contributed by atoms with van der Waals surface area (Å²) in [5.74, 6) is 0. The molecule has 2 rings (SSSR count). The summed E-state index contributed by atoms with van der Waals surface area (Å²) in [6, 6.07) is 0. The van der Waals surface area contributed by atoms with E-state index >= 15 is 0 Å². The maximum absolute atomic E-state index is 5.56. The summed E-state index contributed by atoms with van der Waals surface area (Å²) in [5.41, 5.74) is 1.71. The lowest BCUT2D eigenvalue weighted by Crippen LogP contribution is -2.40. The van der Waals surface area contributed by atoms with Gasteiger partial charge in [-0.3, -0.25) is 0 Å². The Morgan fingerprint density at radius 3 is 2.60 bits per heavy atom. The van der Waals surface area contributed by atoms with Crippen LogP contribution in [-0.4, -0.2) is 31.3 Å². The van der Waals surface area contributed by atoms with Gasteiger partial charge in [0.2, 0.25) is 0 Å². The van der Waals surface area contributed by atoms with Crippen molar-refractivity contribution in [1.29, 1.82) is 0 Å². The first kappa shape index (κ1) is 15.9. The summed E-state index contributed by atoms with van der Waals surface area (Å²) < 4.78 is 5.56. The van der Waals surface area contributed by atoms with E-state index < -0.39 is 0 Å². The van der Waals surface area contributed by atoms with Crippen molar-refractivity contribution in [2.45, 2.75) is 52.4 Å². The van der Waals surface area contributed by atoms with Gasteiger partial charge in [-0.1, -0.05) is 27.7 Å². The van der Waals surface area contributed by atoms with Gasteiger partial charge < -0.3 is 10.1 Å². The summed E-state index contributed by atoms with van der Waals surface area (Å²) in [6.07, 6.45) is 3.37. The first-order chi connectivity index (χ1) is 9.45. The van der Waals surface area contributed by atoms with Crippen LogP contribution in [0, 0.1) is 5.41 Å². The average Bonchev–Trinajstić information content (AvgIpc) is 2.86. The van der Waals surface area contributed by atoms with Gasteiger partial charge in [0, 0.05) is 37.0 Å². The minimum atomic E-state index is 0.152. The van der Waals surface area contributed by atoms with Gasteiger partial charge in [0.1, 0.15) is 0 Å². The van der Waals surface area contributed by atoms with Crippen molar-refractivity contribution in [1.82, 2.24) is 10.3 Å². The Kier molecular flexibility index (Phi) is 5.21. The van der Waals surface area contributed by atoms with Gasteiger partial charge in [-0.15, -0.1) is 11.3 Å². The number of hydrogen-bond acceptors (Lipinski definition) is 4. The first-order valence-electron chi connectivity index (χ1n) is 7.69. The third kappa shape index (κ3) is 4.03. The highest BCUT2D eigenvalue weighted by atomic mass is 32.1. The summed E-state index contributed by atoms with van der Waals surface area (Å²) >= 11 is 1.82. The van der Waals surface area contributed by atoms with Gasteiger partial charge in [-0.25, -0.2) is 4.98 Å². The predicted octanol–water partition coefficient (Wildman–Crippen LogP) is 3.39. The van der Waals surface area contributed by atoms with Gasteiger partial charge in [-0.2, -0.15) is 0 Å². The van der Waals surface area contributed by atoms with E-state index in [9.17, 15) is 0 Å². The number of nitrogens with one attached hydrogen (secondary N) is 1. The molecule has 114 valence electrons. The van der Waals surface area contributed by atoms with Crippen molar-refractivity contribution < 1.29 is 4.74 Å². The fourth-order valence-corrected chi connectivity index (χ4v) is 3.86. The van der Waals surface area contributed by atoms with Crippen molar-refractivity contribution in [2.24, 2.45) is 5.41 Å². The topological polar surface area (TPSA) is 34.2 Å². The highest BCUT2D eigenvalue weighted by Crippen LogP contribution is 2.35. The molecule has 1 fully saturated rings. The number of rotatable bonds is 5. The quantitative estimate of drug-likeness (QED) is 0.904. The summed E-state index contributed by atoms with van der Waals surface area (Å²) in [4.78, 5) is 4.88. The molecule has 3 nitrogen and oxygen atoms in total. The molecule has 1 aliphatic heterocycles. The Bertz CT molecular complexity index is 416. The molecule has 0 spiro atoms. The van der Waals surface area contributed by atoms with E-state index in [1.54, 1.807) is 0 Å². The van der Waals surface area contributed by atoms with Gasteiger partial charge >= 0.3 is 0 Å². The van der Waals surface area contributed by atoms with E-state index in [0.29, 0.717) is 5.41 Å². The third-order valence-electron chi connectivity index (χ3n) is 4.15. The molecule has 0 amide bonds. The van der Waals surface area contributed by atoms with Crippen LogP contribution < -0.4 is 5.32 Å². The Morgan fingerprint density at radius 2 is 2.05 bits per heavy atom. The van der Waals surface area contributed by atoms with Gasteiger partial charge in [0.05, 0.1) is 10.7 Å². The standard InChI is InChI=1S/C16H28N2OS/c1-5-17-12-16(6-8-19-9-7-16)10-14-18-13(11-20-14)15(2,3)4/h11,17H,5-10,12H2,1-4H3. The Hall–Kier alpha value is -0.450. The minimum Gasteiger partial charge on any atom is -0.381 e. The smallest absolute Gasteiger partial charge is 0.0934 e. The van der Waals surface area contributed by atoms with Crippen LogP contribution in [0.2, 0.25) is 0 Å². The second kappa shape index (κ2) is 6.54. The van der Waals surface area contributed by atoms with Crippen LogP contribution in [0.4, 0.5) is 0 Å². The SMILES string of the molecule is CCNCC1(Cc2nc(C(C)(C)C)cs2)CCOCC1. The second-order valence-corrected chi connectivity index (χ2v) is 7.89. The average molecular weight is 296 g/mol. The molecule has 2 heterocycles. The van der Waals surface area contributed by atoms with Crippen molar-refractivity contribution >= 4 is 11.3 Å². The molecule has 0 aliphatic carbocycles. The molecule has 0 unspecified atom stereocenters. The molecule has 20 heavy (non-hydrogen) atoms. The maximum atomic E-state index is 5.56. The molecule has 1 aromatic rings. The second-order valence-electron chi connectivity index (χ2n) is 6.95. The molecule has 1 saturated heterocycles. The van der Waals surface area contributed by atoms with Crippen molar-refractivity contribution in [3.63, 3.8) is 0 Å². The Balaban J connectivity index is 2.09. The van der Waals surface area contributed by atoms with Gasteiger partial charge in [0.15, 0.2) is 0 Å². The van der Waals surface area contributed by atoms with Crippen LogP contribution in [0.3, 0.4) is 0 Å². The molecule has 1 aliphatic rings. The highest BCUT2D eigenvalue weighted by molar-refractivity contribution is 7.09.